The van der Waals surface area contributed by atoms with E-state index in [0.717, 1.165) is 5.57 Å². The van der Waals surface area contributed by atoms with Crippen LogP contribution in [0, 0.1) is 6.92 Å². The number of rotatable bonds is 14. The van der Waals surface area contributed by atoms with E-state index in [-0.39, 0.29) is 51.0 Å². The van der Waals surface area contributed by atoms with Crippen molar-refractivity contribution in [1.82, 2.24) is 4.98 Å². The molecule has 15 nitrogen and oxygen atoms in total. The van der Waals surface area contributed by atoms with E-state index in [1.54, 1.807) is 20.8 Å². The maximum Gasteiger partial charge on any atom is 0.303 e. The molecule has 5 rings (SSSR count). The van der Waals surface area contributed by atoms with Crippen LogP contribution in [0.4, 0.5) is 0 Å². The third kappa shape index (κ3) is 10.2. The highest BCUT2D eigenvalue weighted by Crippen LogP contribution is 2.49. The van der Waals surface area contributed by atoms with E-state index in [2.05, 4.69) is 68.7 Å². The summed E-state index contributed by atoms with van der Waals surface area (Å²) in [6.45, 7) is 11.4. The first-order valence-corrected chi connectivity index (χ1v) is 22.3. The zero-order valence-corrected chi connectivity index (χ0v) is 41.3. The van der Waals surface area contributed by atoms with Crippen LogP contribution in [-0.2, 0) is 47.7 Å². The normalized spacial score (nSPS) is 17.5. The summed E-state index contributed by atoms with van der Waals surface area (Å²) in [7, 11) is 0. The van der Waals surface area contributed by atoms with Crippen LogP contribution in [0.3, 0.4) is 0 Å². The number of nitrogens with zero attached hydrogens (tertiary/aromatic N) is 2. The first-order valence-electron chi connectivity index (χ1n) is 19.2. The Morgan fingerprint density at radius 1 is 0.613 bits per heavy atom. The van der Waals surface area contributed by atoms with E-state index < -0.39 is 48.0 Å². The molecule has 3 aliphatic heterocycles. The summed E-state index contributed by atoms with van der Waals surface area (Å²) in [6.07, 6.45) is -2.57. The Morgan fingerprint density at radius 2 is 1.15 bits per heavy atom. The molecule has 1 aliphatic carbocycles. The summed E-state index contributed by atoms with van der Waals surface area (Å²) in [6, 6.07) is 0. The maximum absolute atomic E-state index is 12.6. The molecule has 1 aromatic heterocycles. The molecule has 19 heteroatoms. The minimum Gasteiger partial charge on any atom is -0.550 e. The van der Waals surface area contributed by atoms with E-state index in [1.807, 2.05) is 6.92 Å². The minimum atomic E-state index is -1.27. The second kappa shape index (κ2) is 19.9. The Balaban J connectivity index is 2.02. The number of aromatic nitrogens is 1. The second-order valence-corrected chi connectivity index (χ2v) is 17.9. The van der Waals surface area contributed by atoms with Crippen molar-refractivity contribution in [3.8, 4) is 0 Å². The van der Waals surface area contributed by atoms with Gasteiger partial charge in [-0.2, -0.15) is 0 Å². The Hall–Kier alpha value is -4.46. The van der Waals surface area contributed by atoms with Crippen molar-refractivity contribution in [3.63, 3.8) is 0 Å². The molecule has 62 heavy (non-hydrogen) atoms. The highest BCUT2D eigenvalue weighted by molar-refractivity contribution is 9.15. The van der Waals surface area contributed by atoms with Gasteiger partial charge in [-0.3, -0.25) is 19.2 Å². The molecular formula is C43H41Br4N3O12-2. The lowest BCUT2D eigenvalue weighted by Crippen LogP contribution is -2.30. The SMILES string of the molecule is CC(=O)OCC(OC(C)=O)C1=C(C)C2=C(Br)C3=NC(=C(Br)C4=C(CCC(=O)[O-])C(C)=C(C4)C(Br)=c4[nH]c(c(C)c4C(COC(C)=O)OC(C)=O)=C(Br)C1=N2)C(CCC(=O)[O-])=C3C. The average molecular weight is 1110 g/mol. The first kappa shape index (κ1) is 48.6. The monoisotopic (exact) mass is 1110 g/mol. The van der Waals surface area contributed by atoms with E-state index in [1.165, 1.54) is 27.7 Å². The van der Waals surface area contributed by atoms with Crippen molar-refractivity contribution in [2.75, 3.05) is 13.2 Å². The predicted octanol–water partition coefficient (Wildman–Crippen LogP) is 4.84. The van der Waals surface area contributed by atoms with Gasteiger partial charge < -0.3 is 43.7 Å². The van der Waals surface area contributed by atoms with Gasteiger partial charge in [-0.15, -0.1) is 0 Å². The number of carbonyl (C=O) groups is 6. The minimum absolute atomic E-state index is 0.0380. The molecule has 0 radical (unpaired) electrons. The number of ether oxygens (including phenoxy) is 4. The van der Waals surface area contributed by atoms with Crippen molar-refractivity contribution in [2.45, 2.75) is 99.7 Å². The summed E-state index contributed by atoms with van der Waals surface area (Å²) >= 11 is 15.3. The third-order valence-corrected chi connectivity index (χ3v) is 13.8. The van der Waals surface area contributed by atoms with Crippen LogP contribution in [-0.4, -0.2) is 71.5 Å². The van der Waals surface area contributed by atoms with Crippen LogP contribution in [0.2, 0.25) is 0 Å². The van der Waals surface area contributed by atoms with Gasteiger partial charge in [0.25, 0.3) is 0 Å². The number of aliphatic imine (C=N–C) groups is 2. The highest BCUT2D eigenvalue weighted by atomic mass is 79.9. The smallest absolute Gasteiger partial charge is 0.303 e. The summed E-state index contributed by atoms with van der Waals surface area (Å²) < 4.78 is 24.2. The molecule has 4 heterocycles. The van der Waals surface area contributed by atoms with Crippen LogP contribution in [0.5, 0.6) is 0 Å². The summed E-state index contributed by atoms with van der Waals surface area (Å²) in [5.74, 6) is -5.07. The number of hydrogen-bond donors (Lipinski definition) is 1. The zero-order chi connectivity index (χ0) is 46.1. The Bertz CT molecular complexity index is 2620. The topological polar surface area (TPSA) is 226 Å². The number of esters is 4. The van der Waals surface area contributed by atoms with Crippen LogP contribution in [0.1, 0.15) is 97.8 Å². The fourth-order valence-corrected chi connectivity index (χ4v) is 10.7. The van der Waals surface area contributed by atoms with E-state index in [4.69, 9.17) is 28.9 Å². The zero-order valence-electron chi connectivity index (χ0n) is 34.9. The lowest BCUT2D eigenvalue weighted by atomic mass is 9.96. The van der Waals surface area contributed by atoms with Gasteiger partial charge in [0.05, 0.1) is 42.5 Å². The molecule has 2 atom stereocenters. The van der Waals surface area contributed by atoms with Gasteiger partial charge in [0.1, 0.15) is 13.2 Å². The lowest BCUT2D eigenvalue weighted by molar-refractivity contribution is -0.307. The number of carboxylic acids is 2. The van der Waals surface area contributed by atoms with Crippen LogP contribution in [0.25, 0.3) is 8.96 Å². The Labute approximate surface area is 390 Å². The fraction of sp³-hybridized carbons (Fsp3) is 0.395. The van der Waals surface area contributed by atoms with E-state index in [9.17, 15) is 39.0 Å². The van der Waals surface area contributed by atoms with Crippen molar-refractivity contribution < 1.29 is 57.9 Å². The molecule has 1 N–H and O–H groups in total. The fourth-order valence-electron chi connectivity index (χ4n) is 7.76. The van der Waals surface area contributed by atoms with Crippen LogP contribution >= 0.6 is 63.7 Å². The quantitative estimate of drug-likeness (QED) is 0.195. The van der Waals surface area contributed by atoms with Crippen LogP contribution in [0.15, 0.2) is 74.9 Å². The van der Waals surface area contributed by atoms with Crippen molar-refractivity contribution in [2.24, 2.45) is 9.98 Å². The van der Waals surface area contributed by atoms with Gasteiger partial charge in [0, 0.05) is 66.2 Å². The molecule has 0 aromatic carbocycles. The highest BCUT2D eigenvalue weighted by Gasteiger charge is 2.37. The summed E-state index contributed by atoms with van der Waals surface area (Å²) in [5.41, 5.74) is 7.32. The predicted molar refractivity (Wildman–Crippen MR) is 238 cm³/mol. The number of carboxylic acid groups (broad SMARTS) is 2. The number of aliphatic carboxylic acids is 2. The molecule has 0 saturated carbocycles. The van der Waals surface area contributed by atoms with Crippen molar-refractivity contribution in [3.05, 3.63) is 86.8 Å². The summed E-state index contributed by atoms with van der Waals surface area (Å²) in [5, 5.41) is 24.6. The van der Waals surface area contributed by atoms with Crippen LogP contribution < -0.4 is 20.9 Å². The number of H-pyrrole nitrogens is 1. The molecule has 330 valence electrons. The molecule has 0 spiro atoms. The number of nitrogens with one attached hydrogen (secondary N) is 1. The van der Waals surface area contributed by atoms with Gasteiger partial charge in [-0.1, -0.05) is 0 Å². The van der Waals surface area contributed by atoms with Gasteiger partial charge in [0.15, 0.2) is 12.2 Å². The second-order valence-electron chi connectivity index (χ2n) is 14.7. The van der Waals surface area contributed by atoms with E-state index in [0.29, 0.717) is 95.9 Å². The number of allylic oxidation sites excluding steroid dienone is 9. The molecule has 2 unspecified atom stereocenters. The van der Waals surface area contributed by atoms with Gasteiger partial charge in [0.2, 0.25) is 0 Å². The van der Waals surface area contributed by atoms with Gasteiger partial charge >= 0.3 is 23.9 Å². The standard InChI is InChI=1S/C43H43Br4N3O12/c1-16-24(9-11-30(55)56)27-13-26(16)34(44)42-32(28(61-22(7)53)14-59-20(5)51)18(3)40(49-42)37(47)43-33(29(62-23(8)54)15-60-21(6)52)19(4)39(50-43)36(46)38-17(2)25(10-12-31(57)58)41(48-38)35(27)45/h28-29,49H,9-15H2,1-8H3,(H,55,56)(H,57,58)/p-2. The molecule has 4 aliphatic rings. The third-order valence-electron chi connectivity index (χ3n) is 10.6. The molecule has 1 aromatic rings. The number of hydrogen-bond acceptors (Lipinski definition) is 14. The number of fused-ring (bicyclic) bond motifs is 6. The Morgan fingerprint density at radius 3 is 1.69 bits per heavy atom. The molecule has 0 fully saturated rings. The largest absolute Gasteiger partial charge is 0.550 e. The number of halogens is 4. The molecule has 0 amide bonds. The van der Waals surface area contributed by atoms with Gasteiger partial charge in [-0.05, 0) is 162 Å². The van der Waals surface area contributed by atoms with Crippen molar-refractivity contribution in [1.29, 1.82) is 0 Å². The molecule has 0 saturated heterocycles. The first-order chi connectivity index (χ1) is 29.0. The number of aromatic amines is 1. The summed E-state index contributed by atoms with van der Waals surface area (Å²) in [4.78, 5) is 86.9. The van der Waals surface area contributed by atoms with Gasteiger partial charge in [-0.25, -0.2) is 9.98 Å². The number of carbonyl (C=O) groups excluding carboxylic acids is 6. The van der Waals surface area contributed by atoms with Crippen molar-refractivity contribution >= 4 is 120 Å². The lowest BCUT2D eigenvalue weighted by Gasteiger charge is -2.20. The van der Waals surface area contributed by atoms with E-state index >= 15 is 0 Å². The average Bonchev–Trinajstić information content (AvgIpc) is 3.91. The maximum atomic E-state index is 12.6. The molecular weight excluding hydrogens is 1070 g/mol. The Kier molecular flexibility index (Phi) is 15.6. The molecule has 8 bridgehead atoms.